The predicted octanol–water partition coefficient (Wildman–Crippen LogP) is 8.81. The Hall–Kier alpha value is -7.22. The minimum absolute atomic E-state index is 0.0555. The quantitative estimate of drug-likeness (QED) is 0.0517. The third-order valence-electron chi connectivity index (χ3n) is 14.1. The van der Waals surface area contributed by atoms with Gasteiger partial charge in [0.2, 0.25) is 0 Å². The molecule has 3 heterocycles. The maximum absolute atomic E-state index is 15.0. The van der Waals surface area contributed by atoms with Gasteiger partial charge in [-0.2, -0.15) is 0 Å². The van der Waals surface area contributed by atoms with E-state index in [9.17, 15) is 24.0 Å². The fourth-order valence-corrected chi connectivity index (χ4v) is 9.63. The molecule has 5 rings (SSSR count). The number of amides is 3. The first-order chi connectivity index (χ1) is 38.7. The van der Waals surface area contributed by atoms with Gasteiger partial charge >= 0.3 is 23.9 Å². The second-order valence-electron chi connectivity index (χ2n) is 22.8. The highest BCUT2D eigenvalue weighted by Gasteiger charge is 2.42. The Kier molecular flexibility index (Phi) is 24.6. The SMILES string of the molecule is CC(C)CC1C(=O)OC(Cc2ccc(OCc3ccco3)cc2)C(=O)N(C)C(CC(C)C)C(=O)OC(C)C(=S)N(C)C(CC(C)C)C(=O)OC(Cc2ccc(OCc3ccco3)cc2)C(=O)N(C)C(CC(C)C)C(=O)OC(C)C(=O)N1C. The molecule has 20 heteroatoms. The van der Waals surface area contributed by atoms with Crippen molar-refractivity contribution in [3.63, 3.8) is 0 Å². The number of carbonyl (C=O) groups is 7. The van der Waals surface area contributed by atoms with E-state index in [-0.39, 0.29) is 80.4 Å². The zero-order valence-electron chi connectivity index (χ0n) is 50.0. The molecule has 0 saturated carbocycles. The van der Waals surface area contributed by atoms with Gasteiger partial charge in [0.05, 0.1) is 12.5 Å². The number of thiocarbonyl (C=S) groups is 1. The first-order valence-electron chi connectivity index (χ1n) is 28.1. The van der Waals surface area contributed by atoms with Crippen molar-refractivity contribution in [1.29, 1.82) is 0 Å². The molecular formula is C62H84N4O15S. The molecule has 82 heavy (non-hydrogen) atoms. The number of cyclic esters (lactones) is 4. The summed E-state index contributed by atoms with van der Waals surface area (Å²) in [7, 11) is 5.81. The van der Waals surface area contributed by atoms with Crippen molar-refractivity contribution in [1.82, 2.24) is 19.6 Å². The highest BCUT2D eigenvalue weighted by Crippen LogP contribution is 2.26. The molecule has 2 aromatic heterocycles. The molecule has 8 atom stereocenters. The van der Waals surface area contributed by atoms with Crippen molar-refractivity contribution >= 4 is 58.8 Å². The van der Waals surface area contributed by atoms with Gasteiger partial charge in [0, 0.05) is 41.0 Å². The van der Waals surface area contributed by atoms with Crippen molar-refractivity contribution in [2.24, 2.45) is 23.7 Å². The lowest BCUT2D eigenvalue weighted by molar-refractivity contribution is -0.174. The van der Waals surface area contributed by atoms with Crippen LogP contribution in [-0.2, 0) is 78.6 Å². The van der Waals surface area contributed by atoms with Gasteiger partial charge in [-0.1, -0.05) is 91.9 Å². The van der Waals surface area contributed by atoms with Crippen LogP contribution >= 0.6 is 12.2 Å². The van der Waals surface area contributed by atoms with Gasteiger partial charge in [-0.05, 0) is 123 Å². The van der Waals surface area contributed by atoms with Crippen LogP contribution in [0.4, 0.5) is 0 Å². The maximum atomic E-state index is 15.0. The second kappa shape index (κ2) is 30.7. The van der Waals surface area contributed by atoms with Crippen LogP contribution in [0, 0.1) is 23.7 Å². The Morgan fingerprint density at radius 1 is 0.439 bits per heavy atom. The van der Waals surface area contributed by atoms with E-state index in [4.69, 9.17) is 49.5 Å². The molecule has 0 N–H and O–H groups in total. The molecule has 1 saturated heterocycles. The minimum Gasteiger partial charge on any atom is -0.486 e. The van der Waals surface area contributed by atoms with Gasteiger partial charge < -0.3 is 56.9 Å². The van der Waals surface area contributed by atoms with Gasteiger partial charge in [-0.15, -0.1) is 0 Å². The van der Waals surface area contributed by atoms with Crippen molar-refractivity contribution in [3.8, 4) is 11.5 Å². The molecular weight excluding hydrogens is 1070 g/mol. The van der Waals surface area contributed by atoms with Crippen molar-refractivity contribution in [2.45, 2.75) is 170 Å². The number of carbonyl (C=O) groups excluding carboxylic acids is 7. The first kappa shape index (κ1) is 65.6. The number of benzene rings is 2. The normalized spacial score (nSPS) is 22.9. The molecule has 0 spiro atoms. The number of furan rings is 2. The van der Waals surface area contributed by atoms with Crippen molar-refractivity contribution < 1.29 is 70.8 Å². The van der Waals surface area contributed by atoms with E-state index in [0.29, 0.717) is 34.1 Å². The van der Waals surface area contributed by atoms with E-state index in [1.807, 2.05) is 55.4 Å². The summed E-state index contributed by atoms with van der Waals surface area (Å²) < 4.78 is 47.0. The number of hydrogen-bond acceptors (Lipinski definition) is 16. The lowest BCUT2D eigenvalue weighted by Gasteiger charge is -2.36. The Morgan fingerprint density at radius 2 is 0.756 bits per heavy atom. The van der Waals surface area contributed by atoms with Crippen LogP contribution < -0.4 is 9.47 Å². The third kappa shape index (κ3) is 18.9. The third-order valence-corrected chi connectivity index (χ3v) is 14.7. The summed E-state index contributed by atoms with van der Waals surface area (Å²) in [5.41, 5.74) is 1.17. The van der Waals surface area contributed by atoms with Crippen molar-refractivity contribution in [3.05, 3.63) is 108 Å². The number of nitrogens with zero attached hydrogens (tertiary/aromatic N) is 4. The fourth-order valence-electron chi connectivity index (χ4n) is 9.45. The standard InChI is InChI=1S/C62H84N4O15S/c1-37(2)29-49-59(70)78-41(9)55(67)63(11)51(31-39(5)6)61(72)80-53(33-43-19-23-45(24-20-43)76-35-47-17-15-27-74-47)56(68)65(13)50(30-38(3)4)60(71)79-42(10)58(82)66(14)52(32-40(7)8)62(73)81-54(57(69)64(49)12)34-44-21-25-46(26-22-44)77-36-48-18-16-28-75-48/h15-28,37-42,49-54H,29-36H2,1-14H3. The van der Waals surface area contributed by atoms with E-state index >= 15 is 9.59 Å². The monoisotopic (exact) mass is 1160 g/mol. The second-order valence-corrected chi connectivity index (χ2v) is 23.2. The first-order valence-corrected chi connectivity index (χ1v) is 28.5. The van der Waals surface area contributed by atoms with E-state index < -0.39 is 90.2 Å². The number of likely N-dealkylation sites (N-methyl/N-ethyl adjacent to an activating group) is 4. The average Bonchev–Trinajstić information content (AvgIpc) is 4.31. The predicted molar refractivity (Wildman–Crippen MR) is 309 cm³/mol. The molecule has 1 fully saturated rings. The summed E-state index contributed by atoms with van der Waals surface area (Å²) in [4.78, 5) is 108. The van der Waals surface area contributed by atoms with E-state index in [1.165, 1.54) is 42.8 Å². The molecule has 448 valence electrons. The number of hydrogen-bond donors (Lipinski definition) is 0. The molecule has 2 aromatic carbocycles. The Morgan fingerprint density at radius 3 is 1.09 bits per heavy atom. The molecule has 0 aliphatic carbocycles. The summed E-state index contributed by atoms with van der Waals surface area (Å²) in [6, 6.07) is 16.0. The summed E-state index contributed by atoms with van der Waals surface area (Å²) in [5.74, 6) is -4.01. The molecule has 8 unspecified atom stereocenters. The highest BCUT2D eigenvalue weighted by molar-refractivity contribution is 7.80. The van der Waals surface area contributed by atoms with Crippen LogP contribution in [0.5, 0.6) is 11.5 Å². The van der Waals surface area contributed by atoms with Crippen LogP contribution in [-0.4, -0.2) is 143 Å². The van der Waals surface area contributed by atoms with E-state index in [1.54, 1.807) is 99.3 Å². The van der Waals surface area contributed by atoms with Crippen LogP contribution in [0.3, 0.4) is 0 Å². The van der Waals surface area contributed by atoms with Gasteiger partial charge in [0.15, 0.2) is 18.3 Å². The van der Waals surface area contributed by atoms with Gasteiger partial charge in [-0.25, -0.2) is 19.2 Å². The van der Waals surface area contributed by atoms with Crippen LogP contribution in [0.25, 0.3) is 0 Å². The Balaban J connectivity index is 1.57. The lowest BCUT2D eigenvalue weighted by atomic mass is 10.00. The molecule has 19 nitrogen and oxygen atoms in total. The molecule has 1 aliphatic rings. The summed E-state index contributed by atoms with van der Waals surface area (Å²) in [5, 5.41) is 0. The highest BCUT2D eigenvalue weighted by atomic mass is 32.1. The van der Waals surface area contributed by atoms with E-state index in [0.717, 1.165) is 4.90 Å². The van der Waals surface area contributed by atoms with Crippen LogP contribution in [0.15, 0.2) is 94.2 Å². The minimum atomic E-state index is -1.53. The van der Waals surface area contributed by atoms with Crippen LogP contribution in [0.1, 0.15) is 118 Å². The topological polar surface area (TPSA) is 214 Å². The molecule has 3 amide bonds. The average molecular weight is 1160 g/mol. The summed E-state index contributed by atoms with van der Waals surface area (Å²) >= 11 is 5.97. The molecule has 0 radical (unpaired) electrons. The molecule has 1 aliphatic heterocycles. The maximum Gasteiger partial charge on any atom is 0.329 e. The lowest BCUT2D eigenvalue weighted by Crippen LogP contribution is -2.54. The summed E-state index contributed by atoms with van der Waals surface area (Å²) in [6.07, 6.45) is -2.31. The molecule has 0 bridgehead atoms. The zero-order chi connectivity index (χ0) is 60.5. The van der Waals surface area contributed by atoms with E-state index in [2.05, 4.69) is 0 Å². The van der Waals surface area contributed by atoms with Gasteiger partial charge in [-0.3, -0.25) is 14.4 Å². The number of esters is 4. The number of rotatable bonds is 18. The van der Waals surface area contributed by atoms with Gasteiger partial charge in [0.1, 0.15) is 71.5 Å². The van der Waals surface area contributed by atoms with Crippen molar-refractivity contribution in [2.75, 3.05) is 28.2 Å². The Labute approximate surface area is 488 Å². The summed E-state index contributed by atoms with van der Waals surface area (Å²) in [6.45, 7) is 18.3. The zero-order valence-corrected chi connectivity index (χ0v) is 50.8. The number of ether oxygens (including phenoxy) is 6. The Bertz CT molecular complexity index is 2530. The van der Waals surface area contributed by atoms with Crippen LogP contribution in [0.2, 0.25) is 0 Å². The fraction of sp³-hybridized carbons (Fsp3) is 0.548. The molecule has 4 aromatic rings. The smallest absolute Gasteiger partial charge is 0.329 e. The van der Waals surface area contributed by atoms with Gasteiger partial charge in [0.25, 0.3) is 17.7 Å². The largest absolute Gasteiger partial charge is 0.486 e.